The van der Waals surface area contributed by atoms with Crippen molar-refractivity contribution in [2.75, 3.05) is 26.4 Å². The first-order chi connectivity index (χ1) is 12.9. The molecule has 0 saturated carbocycles. The summed E-state index contributed by atoms with van der Waals surface area (Å²) < 4.78 is 10.6. The molecule has 2 aromatic rings. The number of benzene rings is 1. The molecule has 0 atom stereocenters. The number of hydrogen-bond donors (Lipinski definition) is 3. The Kier molecular flexibility index (Phi) is 6.92. The second-order valence-electron chi connectivity index (χ2n) is 5.99. The molecule has 0 spiro atoms. The summed E-state index contributed by atoms with van der Waals surface area (Å²) >= 11 is 0. The first-order valence-electron chi connectivity index (χ1n) is 8.67. The second kappa shape index (κ2) is 9.16. The predicted molar refractivity (Wildman–Crippen MR) is 107 cm³/mol. The molecule has 27 heavy (non-hydrogen) atoms. The molecule has 0 unspecified atom stereocenters. The number of pyridine rings is 1. The van der Waals surface area contributed by atoms with Crippen LogP contribution in [0, 0.1) is 0 Å². The fourth-order valence-electron chi connectivity index (χ4n) is 2.84. The van der Waals surface area contributed by atoms with Gasteiger partial charge in [0.05, 0.1) is 31.0 Å². The van der Waals surface area contributed by atoms with Gasteiger partial charge in [-0.15, -0.1) is 0 Å². The second-order valence-corrected chi connectivity index (χ2v) is 5.99. The molecule has 0 aliphatic heterocycles. The third kappa shape index (κ3) is 4.45. The number of carbonyl (C=O) groups is 1. The van der Waals surface area contributed by atoms with E-state index in [-0.39, 0.29) is 30.0 Å². The van der Waals surface area contributed by atoms with Crippen LogP contribution in [0.5, 0.6) is 0 Å². The highest BCUT2D eigenvalue weighted by atomic mass is 16.5. The smallest absolute Gasteiger partial charge is 0.340 e. The van der Waals surface area contributed by atoms with E-state index < -0.39 is 5.97 Å². The van der Waals surface area contributed by atoms with Crippen molar-refractivity contribution in [1.29, 1.82) is 0 Å². The van der Waals surface area contributed by atoms with Crippen LogP contribution in [-0.2, 0) is 14.3 Å². The van der Waals surface area contributed by atoms with E-state index in [0.717, 1.165) is 0 Å². The number of nitrogens with two attached hydrogens (primary N) is 2. The molecule has 7 nitrogen and oxygen atoms in total. The number of allylic oxidation sites excluding steroid dienone is 1. The third-order valence-electron chi connectivity index (χ3n) is 3.92. The number of ether oxygens (including phenoxy) is 2. The highest BCUT2D eigenvalue weighted by Gasteiger charge is 2.25. The maximum absolute atomic E-state index is 12.8. The van der Waals surface area contributed by atoms with Crippen LogP contribution >= 0.6 is 0 Å². The van der Waals surface area contributed by atoms with E-state index in [0.29, 0.717) is 40.8 Å². The van der Waals surface area contributed by atoms with Gasteiger partial charge in [-0.25, -0.2) is 4.79 Å². The first-order valence-corrected chi connectivity index (χ1v) is 8.67. The van der Waals surface area contributed by atoms with E-state index in [1.165, 1.54) is 0 Å². The Labute approximate surface area is 157 Å². The van der Waals surface area contributed by atoms with Gasteiger partial charge in [0.1, 0.15) is 0 Å². The number of fused-ring (bicyclic) bond motifs is 1. The van der Waals surface area contributed by atoms with Crippen molar-refractivity contribution >= 4 is 28.0 Å². The minimum atomic E-state index is -0.621. The molecule has 0 fully saturated rings. The lowest BCUT2D eigenvalue weighted by atomic mass is 9.92. The lowest BCUT2D eigenvalue weighted by Gasteiger charge is -2.17. The first kappa shape index (κ1) is 20.4. The molecule has 0 saturated heterocycles. The Balaban J connectivity index is 2.85. The SMILES string of the molecule is C=C(C)c1c(/C(C(=O)OCC)=C(\N)COCCN)c2ccccc2[nH]c1=O. The Morgan fingerprint density at radius 2 is 1.96 bits per heavy atom. The van der Waals surface area contributed by atoms with E-state index in [9.17, 15) is 9.59 Å². The summed E-state index contributed by atoms with van der Waals surface area (Å²) in [6, 6.07) is 7.17. The fraction of sp³-hybridized carbons (Fsp3) is 0.300. The van der Waals surface area contributed by atoms with Gasteiger partial charge < -0.3 is 25.9 Å². The zero-order valence-electron chi connectivity index (χ0n) is 15.6. The summed E-state index contributed by atoms with van der Waals surface area (Å²) in [5, 5.41) is 0.667. The molecule has 0 radical (unpaired) electrons. The maximum atomic E-state index is 12.8. The molecular weight excluding hydrogens is 346 g/mol. The van der Waals surface area contributed by atoms with E-state index in [4.69, 9.17) is 20.9 Å². The highest BCUT2D eigenvalue weighted by molar-refractivity contribution is 6.22. The van der Waals surface area contributed by atoms with Crippen LogP contribution in [-0.4, -0.2) is 37.3 Å². The summed E-state index contributed by atoms with van der Waals surface area (Å²) in [4.78, 5) is 28.3. The fourth-order valence-corrected chi connectivity index (χ4v) is 2.84. The normalized spacial score (nSPS) is 12.0. The number of nitrogens with one attached hydrogen (secondary N) is 1. The van der Waals surface area contributed by atoms with Gasteiger partial charge in [-0.1, -0.05) is 24.8 Å². The summed E-state index contributed by atoms with van der Waals surface area (Å²) in [7, 11) is 0. The zero-order valence-corrected chi connectivity index (χ0v) is 15.6. The Morgan fingerprint density at radius 3 is 2.59 bits per heavy atom. The van der Waals surface area contributed by atoms with Crippen molar-refractivity contribution < 1.29 is 14.3 Å². The van der Waals surface area contributed by atoms with Crippen molar-refractivity contribution in [2.45, 2.75) is 13.8 Å². The molecule has 144 valence electrons. The number of esters is 1. The lowest BCUT2D eigenvalue weighted by molar-refractivity contribution is -0.136. The Hall–Kier alpha value is -2.90. The zero-order chi connectivity index (χ0) is 20.0. The quantitative estimate of drug-likeness (QED) is 0.369. The molecule has 0 bridgehead atoms. The summed E-state index contributed by atoms with van der Waals surface area (Å²) in [6.07, 6.45) is 0. The Bertz CT molecular complexity index is 944. The predicted octanol–water partition coefficient (Wildman–Crippen LogP) is 1.77. The lowest BCUT2D eigenvalue weighted by Crippen LogP contribution is -2.22. The standard InChI is InChI=1S/C20H25N3O4/c1-4-27-20(25)18(14(22)11-26-10-9-21)17-13-7-5-6-8-15(13)23-19(24)16(17)12(2)3/h5-8H,2,4,9-11,21-22H2,1,3H3,(H,23,24)/b18-14+. The summed E-state index contributed by atoms with van der Waals surface area (Å²) in [6.45, 7) is 8.07. The molecule has 2 rings (SSSR count). The van der Waals surface area contributed by atoms with Gasteiger partial charge in [0.25, 0.3) is 5.56 Å². The van der Waals surface area contributed by atoms with E-state index >= 15 is 0 Å². The molecule has 1 aromatic carbocycles. The number of carbonyl (C=O) groups excluding carboxylic acids is 1. The van der Waals surface area contributed by atoms with Crippen LogP contribution < -0.4 is 17.0 Å². The molecule has 1 heterocycles. The van der Waals surface area contributed by atoms with Crippen molar-refractivity contribution in [1.82, 2.24) is 4.98 Å². The molecule has 0 amide bonds. The maximum Gasteiger partial charge on any atom is 0.340 e. The van der Waals surface area contributed by atoms with Gasteiger partial charge >= 0.3 is 5.97 Å². The van der Waals surface area contributed by atoms with Crippen LogP contribution in [0.15, 0.2) is 41.3 Å². The van der Waals surface area contributed by atoms with Crippen LogP contribution in [0.25, 0.3) is 22.0 Å². The number of para-hydroxylation sites is 1. The minimum absolute atomic E-state index is 0.0118. The topological polar surface area (TPSA) is 120 Å². The van der Waals surface area contributed by atoms with Gasteiger partial charge in [-0.05, 0) is 25.5 Å². The molecule has 7 heteroatoms. The number of H-pyrrole nitrogens is 1. The number of rotatable bonds is 8. The van der Waals surface area contributed by atoms with E-state index in [1.54, 1.807) is 32.0 Å². The largest absolute Gasteiger partial charge is 0.462 e. The molecule has 0 aliphatic rings. The highest BCUT2D eigenvalue weighted by Crippen LogP contribution is 2.31. The van der Waals surface area contributed by atoms with Crippen LogP contribution in [0.4, 0.5) is 0 Å². The molecule has 0 aliphatic carbocycles. The van der Waals surface area contributed by atoms with E-state index in [1.807, 2.05) is 6.07 Å². The van der Waals surface area contributed by atoms with E-state index in [2.05, 4.69) is 11.6 Å². The van der Waals surface area contributed by atoms with Gasteiger partial charge in [0, 0.05) is 28.7 Å². The molecular formula is C20H25N3O4. The van der Waals surface area contributed by atoms with Gasteiger partial charge in [0.2, 0.25) is 0 Å². The van der Waals surface area contributed by atoms with Gasteiger partial charge in [-0.3, -0.25) is 4.79 Å². The molecule has 5 N–H and O–H groups in total. The average Bonchev–Trinajstić information content (AvgIpc) is 2.61. The van der Waals surface area contributed by atoms with Crippen LogP contribution in [0.3, 0.4) is 0 Å². The van der Waals surface area contributed by atoms with Gasteiger partial charge in [-0.2, -0.15) is 0 Å². The van der Waals surface area contributed by atoms with Crippen LogP contribution in [0.1, 0.15) is 25.0 Å². The number of aromatic amines is 1. The number of hydrogen-bond acceptors (Lipinski definition) is 6. The average molecular weight is 371 g/mol. The van der Waals surface area contributed by atoms with Crippen molar-refractivity contribution in [3.05, 3.63) is 58.0 Å². The molecule has 1 aromatic heterocycles. The third-order valence-corrected chi connectivity index (χ3v) is 3.92. The minimum Gasteiger partial charge on any atom is -0.462 e. The van der Waals surface area contributed by atoms with Crippen molar-refractivity contribution in [3.63, 3.8) is 0 Å². The summed E-state index contributed by atoms with van der Waals surface area (Å²) in [5.41, 5.74) is 13.3. The van der Waals surface area contributed by atoms with Crippen molar-refractivity contribution in [2.24, 2.45) is 11.5 Å². The van der Waals surface area contributed by atoms with Crippen LogP contribution in [0.2, 0.25) is 0 Å². The van der Waals surface area contributed by atoms with Crippen molar-refractivity contribution in [3.8, 4) is 0 Å². The summed E-state index contributed by atoms with van der Waals surface area (Å²) in [5.74, 6) is -0.621. The number of aromatic nitrogens is 1. The van der Waals surface area contributed by atoms with Gasteiger partial charge in [0.15, 0.2) is 0 Å². The Morgan fingerprint density at radius 1 is 1.26 bits per heavy atom. The monoisotopic (exact) mass is 371 g/mol.